The van der Waals surface area contributed by atoms with Crippen molar-refractivity contribution < 1.29 is 14.5 Å². The van der Waals surface area contributed by atoms with Crippen LogP contribution < -0.4 is 5.30 Å². The van der Waals surface area contributed by atoms with E-state index in [0.29, 0.717) is 10.9 Å². The van der Waals surface area contributed by atoms with Crippen molar-refractivity contribution in [2.24, 2.45) is 0 Å². The molecule has 0 atom stereocenters. The first-order valence-electron chi connectivity index (χ1n) is 5.64. The molecule has 1 aromatic carbocycles. The maximum atomic E-state index is 12.2. The summed E-state index contributed by atoms with van der Waals surface area (Å²) in [5.74, 6) is -1.02. The van der Waals surface area contributed by atoms with Crippen LogP contribution in [0.4, 0.5) is 0 Å². The van der Waals surface area contributed by atoms with Crippen LogP contribution in [0.15, 0.2) is 24.4 Å². The molecule has 0 amide bonds. The molecule has 0 fully saturated rings. The van der Waals surface area contributed by atoms with E-state index in [9.17, 15) is 9.36 Å². The molecule has 0 radical (unpaired) electrons. The van der Waals surface area contributed by atoms with Gasteiger partial charge in [-0.15, -0.1) is 11.3 Å². The van der Waals surface area contributed by atoms with Gasteiger partial charge in [0.2, 0.25) is 0 Å². The second kappa shape index (κ2) is 4.91. The van der Waals surface area contributed by atoms with Crippen LogP contribution in [0.1, 0.15) is 15.2 Å². The van der Waals surface area contributed by atoms with Crippen LogP contribution in [0.25, 0.3) is 10.6 Å². The molecule has 1 aromatic heterocycles. The van der Waals surface area contributed by atoms with Crippen molar-refractivity contribution in [3.05, 3.63) is 34.8 Å². The molecule has 100 valence electrons. The van der Waals surface area contributed by atoms with E-state index in [2.05, 4.69) is 4.98 Å². The molecule has 19 heavy (non-hydrogen) atoms. The Balaban J connectivity index is 2.64. The number of aromatic nitrogens is 1. The third kappa shape index (κ3) is 3.11. The zero-order valence-corrected chi connectivity index (χ0v) is 12.6. The highest BCUT2D eigenvalue weighted by atomic mass is 32.1. The highest BCUT2D eigenvalue weighted by Gasteiger charge is 2.17. The van der Waals surface area contributed by atoms with E-state index in [-0.39, 0.29) is 5.56 Å². The average molecular weight is 295 g/mol. The molecule has 0 aliphatic carbocycles. The lowest BCUT2D eigenvalue weighted by atomic mass is 10.1. The summed E-state index contributed by atoms with van der Waals surface area (Å²) in [5.41, 5.74) is 0.848. The number of rotatable bonds is 3. The molecule has 2 rings (SSSR count). The predicted octanol–water partition coefficient (Wildman–Crippen LogP) is 3.06. The summed E-state index contributed by atoms with van der Waals surface area (Å²) >= 11 is 1.49. The minimum Gasteiger partial charge on any atom is -0.478 e. The van der Waals surface area contributed by atoms with Crippen molar-refractivity contribution in [1.82, 2.24) is 4.98 Å². The minimum atomic E-state index is -2.51. The van der Waals surface area contributed by atoms with Gasteiger partial charge in [-0.1, -0.05) is 0 Å². The Bertz CT molecular complexity index is 687. The molecule has 2 aromatic rings. The van der Waals surface area contributed by atoms with Crippen LogP contribution in [0.3, 0.4) is 0 Å². The lowest BCUT2D eigenvalue weighted by molar-refractivity contribution is 0.0697. The van der Waals surface area contributed by atoms with Gasteiger partial charge in [0, 0.05) is 21.9 Å². The molecular formula is C13H14NO3PS. The number of benzene rings is 1. The number of carboxylic acids is 1. The summed E-state index contributed by atoms with van der Waals surface area (Å²) in [7, 11) is -2.51. The number of hydrogen-bond acceptors (Lipinski definition) is 4. The fourth-order valence-corrected chi connectivity index (χ4v) is 3.31. The molecule has 0 saturated heterocycles. The summed E-state index contributed by atoms with van der Waals surface area (Å²) < 4.78 is 12.2. The zero-order chi connectivity index (χ0) is 14.2. The van der Waals surface area contributed by atoms with E-state index >= 15 is 0 Å². The van der Waals surface area contributed by atoms with Crippen LogP contribution in [-0.4, -0.2) is 29.4 Å². The van der Waals surface area contributed by atoms with Gasteiger partial charge in [0.05, 0.1) is 5.56 Å². The van der Waals surface area contributed by atoms with Gasteiger partial charge in [-0.25, -0.2) is 9.78 Å². The molecule has 0 unspecified atom stereocenters. The lowest BCUT2D eigenvalue weighted by Gasteiger charge is -2.10. The quantitative estimate of drug-likeness (QED) is 0.884. The first-order chi connectivity index (χ1) is 8.77. The van der Waals surface area contributed by atoms with Crippen LogP contribution in [0.2, 0.25) is 0 Å². The van der Waals surface area contributed by atoms with Crippen LogP contribution >= 0.6 is 18.5 Å². The first-order valence-corrected chi connectivity index (χ1v) is 9.06. The zero-order valence-electron chi connectivity index (χ0n) is 10.9. The smallest absolute Gasteiger partial charge is 0.335 e. The number of nitrogens with zero attached hydrogens (tertiary/aromatic N) is 1. The van der Waals surface area contributed by atoms with E-state index in [1.54, 1.807) is 31.7 Å². The van der Waals surface area contributed by atoms with E-state index in [0.717, 1.165) is 9.88 Å². The van der Waals surface area contributed by atoms with E-state index in [4.69, 9.17) is 5.11 Å². The Hall–Kier alpha value is -1.45. The van der Waals surface area contributed by atoms with Crippen molar-refractivity contribution >= 4 is 29.8 Å². The fraction of sp³-hybridized carbons (Fsp3) is 0.231. The van der Waals surface area contributed by atoms with Crippen molar-refractivity contribution in [2.45, 2.75) is 6.92 Å². The summed E-state index contributed by atoms with van der Waals surface area (Å²) in [6.45, 7) is 5.20. The topological polar surface area (TPSA) is 67.3 Å². The Morgan fingerprint density at radius 1 is 1.32 bits per heavy atom. The molecule has 4 nitrogen and oxygen atoms in total. The van der Waals surface area contributed by atoms with Gasteiger partial charge in [0.1, 0.15) is 12.1 Å². The second-order valence-corrected chi connectivity index (χ2v) is 9.15. The molecule has 0 saturated carbocycles. The standard InChI is InChI=1S/C13H14NO3PS/c1-8-7-14-12(19-8)9-4-10(13(15)16)6-11(5-9)18(2,3)17/h4-7H,1-3H3,(H,15,16). The second-order valence-electron chi connectivity index (χ2n) is 4.70. The molecule has 0 bridgehead atoms. The maximum absolute atomic E-state index is 12.2. The number of aryl methyl sites for hydroxylation is 1. The summed E-state index contributed by atoms with van der Waals surface area (Å²) in [4.78, 5) is 16.5. The fourth-order valence-electron chi connectivity index (χ4n) is 1.66. The largest absolute Gasteiger partial charge is 0.478 e. The Morgan fingerprint density at radius 2 is 2.00 bits per heavy atom. The van der Waals surface area contributed by atoms with Crippen molar-refractivity contribution in [2.75, 3.05) is 13.3 Å². The molecule has 1 heterocycles. The molecule has 1 N–H and O–H groups in total. The Labute approximate surface area is 115 Å². The lowest BCUT2D eigenvalue weighted by Crippen LogP contribution is -2.08. The monoisotopic (exact) mass is 295 g/mol. The SMILES string of the molecule is Cc1cnc(-c2cc(C(=O)O)cc(P(C)(C)=O)c2)s1. The maximum Gasteiger partial charge on any atom is 0.335 e. The van der Waals surface area contributed by atoms with Crippen molar-refractivity contribution in [3.8, 4) is 10.6 Å². The van der Waals surface area contributed by atoms with Gasteiger partial charge in [0.25, 0.3) is 0 Å². The highest BCUT2D eigenvalue weighted by Crippen LogP contribution is 2.37. The summed E-state index contributed by atoms with van der Waals surface area (Å²) in [6.07, 6.45) is 1.74. The van der Waals surface area contributed by atoms with Gasteiger partial charge in [-0.05, 0) is 38.5 Å². The number of thiazole rings is 1. The number of hydrogen-bond donors (Lipinski definition) is 1. The Morgan fingerprint density at radius 3 is 2.47 bits per heavy atom. The summed E-state index contributed by atoms with van der Waals surface area (Å²) in [6, 6.07) is 4.82. The Kier molecular flexibility index (Phi) is 3.61. The number of carbonyl (C=O) groups is 1. The highest BCUT2D eigenvalue weighted by molar-refractivity contribution is 7.70. The van der Waals surface area contributed by atoms with Gasteiger partial charge < -0.3 is 9.67 Å². The third-order valence-corrected chi connectivity index (χ3v) is 5.12. The first kappa shape index (κ1) is 14.0. The molecular weight excluding hydrogens is 281 g/mol. The van der Waals surface area contributed by atoms with Crippen LogP contribution in [0, 0.1) is 6.92 Å². The van der Waals surface area contributed by atoms with Crippen LogP contribution in [-0.2, 0) is 4.57 Å². The molecule has 0 aliphatic heterocycles. The molecule has 0 spiro atoms. The van der Waals surface area contributed by atoms with E-state index in [1.807, 2.05) is 6.92 Å². The van der Waals surface area contributed by atoms with Crippen molar-refractivity contribution in [1.29, 1.82) is 0 Å². The molecule has 0 aliphatic rings. The van der Waals surface area contributed by atoms with Crippen LogP contribution in [0.5, 0.6) is 0 Å². The van der Waals surface area contributed by atoms with Gasteiger partial charge in [-0.3, -0.25) is 0 Å². The summed E-state index contributed by atoms with van der Waals surface area (Å²) in [5, 5.41) is 10.5. The minimum absolute atomic E-state index is 0.143. The van der Waals surface area contributed by atoms with E-state index < -0.39 is 13.1 Å². The average Bonchev–Trinajstić information content (AvgIpc) is 2.74. The normalized spacial score (nSPS) is 11.5. The van der Waals surface area contributed by atoms with Gasteiger partial charge >= 0.3 is 5.97 Å². The number of carboxylic acid groups (broad SMARTS) is 1. The third-order valence-electron chi connectivity index (χ3n) is 2.65. The van der Waals surface area contributed by atoms with Crippen molar-refractivity contribution in [3.63, 3.8) is 0 Å². The van der Waals surface area contributed by atoms with Gasteiger partial charge in [-0.2, -0.15) is 0 Å². The molecule has 6 heteroatoms. The predicted molar refractivity (Wildman–Crippen MR) is 78.3 cm³/mol. The number of aromatic carboxylic acids is 1. The van der Waals surface area contributed by atoms with E-state index in [1.165, 1.54) is 17.4 Å². The van der Waals surface area contributed by atoms with Gasteiger partial charge in [0.15, 0.2) is 0 Å².